The SMILES string of the molecule is CCc1ccc2cc(C#Cc3ccc(CCC4CCC(C)CC4)cc3)ccc2c1F. The van der Waals surface area contributed by atoms with E-state index in [0.29, 0.717) is 11.8 Å². The highest BCUT2D eigenvalue weighted by Crippen LogP contribution is 2.31. The van der Waals surface area contributed by atoms with Gasteiger partial charge in [-0.1, -0.05) is 81.7 Å². The minimum Gasteiger partial charge on any atom is -0.206 e. The lowest BCUT2D eigenvalue weighted by Gasteiger charge is -2.26. The first kappa shape index (κ1) is 20.7. The van der Waals surface area contributed by atoms with Crippen molar-refractivity contribution < 1.29 is 4.39 Å². The highest BCUT2D eigenvalue weighted by atomic mass is 19.1. The Morgan fingerprint density at radius 3 is 2.30 bits per heavy atom. The van der Waals surface area contributed by atoms with Crippen LogP contribution in [0.2, 0.25) is 0 Å². The summed E-state index contributed by atoms with van der Waals surface area (Å²) in [6.07, 6.45) is 8.80. The molecule has 0 aliphatic heterocycles. The van der Waals surface area contributed by atoms with Crippen LogP contribution in [0.15, 0.2) is 54.6 Å². The summed E-state index contributed by atoms with van der Waals surface area (Å²) in [4.78, 5) is 0. The van der Waals surface area contributed by atoms with E-state index >= 15 is 0 Å². The number of halogens is 1. The molecule has 0 unspecified atom stereocenters. The Hall–Kier alpha value is -2.59. The lowest BCUT2D eigenvalue weighted by Crippen LogP contribution is -2.12. The molecule has 0 amide bonds. The molecular weight excluding hydrogens is 367 g/mol. The van der Waals surface area contributed by atoms with E-state index in [1.165, 1.54) is 44.1 Å². The summed E-state index contributed by atoms with van der Waals surface area (Å²) in [6.45, 7) is 4.36. The van der Waals surface area contributed by atoms with Gasteiger partial charge in [-0.3, -0.25) is 0 Å². The molecule has 0 spiro atoms. The largest absolute Gasteiger partial charge is 0.206 e. The van der Waals surface area contributed by atoms with Gasteiger partial charge < -0.3 is 0 Å². The molecule has 1 heteroatoms. The molecule has 1 aliphatic rings. The van der Waals surface area contributed by atoms with Gasteiger partial charge in [0.25, 0.3) is 0 Å². The molecule has 3 aromatic carbocycles. The minimum absolute atomic E-state index is 0.104. The first-order valence-electron chi connectivity index (χ1n) is 11.4. The molecule has 0 saturated heterocycles. The second-order valence-corrected chi connectivity index (χ2v) is 8.94. The first-order valence-corrected chi connectivity index (χ1v) is 11.4. The Labute approximate surface area is 180 Å². The zero-order valence-corrected chi connectivity index (χ0v) is 18.2. The molecule has 1 saturated carbocycles. The van der Waals surface area contributed by atoms with Gasteiger partial charge in [-0.05, 0) is 71.9 Å². The molecule has 0 radical (unpaired) electrons. The van der Waals surface area contributed by atoms with Crippen LogP contribution < -0.4 is 0 Å². The monoisotopic (exact) mass is 398 g/mol. The van der Waals surface area contributed by atoms with E-state index in [2.05, 4.69) is 43.0 Å². The standard InChI is InChI=1S/C29H31F/c1-3-26-17-18-27-20-25(16-19-28(27)29(26)30)15-14-24-12-10-23(11-13-24)9-8-22-6-4-21(2)5-7-22/h10-13,16-22H,3-9H2,1-2H3. The molecule has 1 fully saturated rings. The molecule has 3 aromatic rings. The van der Waals surface area contributed by atoms with Gasteiger partial charge in [0.2, 0.25) is 0 Å². The zero-order valence-electron chi connectivity index (χ0n) is 18.2. The highest BCUT2D eigenvalue weighted by molar-refractivity contribution is 5.85. The molecule has 0 atom stereocenters. The average Bonchev–Trinajstić information content (AvgIpc) is 2.78. The van der Waals surface area contributed by atoms with Crippen molar-refractivity contribution in [2.45, 2.75) is 58.8 Å². The fourth-order valence-electron chi connectivity index (χ4n) is 4.58. The molecule has 0 heterocycles. The molecular formula is C29H31F. The summed E-state index contributed by atoms with van der Waals surface area (Å²) >= 11 is 0. The lowest BCUT2D eigenvalue weighted by atomic mass is 9.80. The summed E-state index contributed by atoms with van der Waals surface area (Å²) in [5.74, 6) is 8.22. The molecule has 0 aromatic heterocycles. The third-order valence-electron chi connectivity index (χ3n) is 6.70. The molecule has 0 nitrogen and oxygen atoms in total. The van der Waals surface area contributed by atoms with Crippen molar-refractivity contribution in [2.24, 2.45) is 11.8 Å². The molecule has 1 aliphatic carbocycles. The van der Waals surface area contributed by atoms with E-state index in [1.807, 2.05) is 37.3 Å². The van der Waals surface area contributed by atoms with Crippen LogP contribution in [0.1, 0.15) is 68.2 Å². The van der Waals surface area contributed by atoms with Gasteiger partial charge in [0.05, 0.1) is 0 Å². The summed E-state index contributed by atoms with van der Waals surface area (Å²) in [6, 6.07) is 18.3. The fraction of sp³-hybridized carbons (Fsp3) is 0.379. The number of fused-ring (bicyclic) bond motifs is 1. The Kier molecular flexibility index (Phi) is 6.53. The maximum atomic E-state index is 14.5. The van der Waals surface area contributed by atoms with Crippen LogP contribution in [-0.2, 0) is 12.8 Å². The van der Waals surface area contributed by atoms with Crippen LogP contribution in [0, 0.1) is 29.5 Å². The molecule has 4 rings (SSSR count). The van der Waals surface area contributed by atoms with Crippen molar-refractivity contribution in [1.29, 1.82) is 0 Å². The van der Waals surface area contributed by atoms with Crippen molar-refractivity contribution in [2.75, 3.05) is 0 Å². The number of hydrogen-bond donors (Lipinski definition) is 0. The van der Waals surface area contributed by atoms with Crippen molar-refractivity contribution in [3.63, 3.8) is 0 Å². The molecule has 154 valence electrons. The van der Waals surface area contributed by atoms with Gasteiger partial charge >= 0.3 is 0 Å². The van der Waals surface area contributed by atoms with Crippen molar-refractivity contribution in [3.05, 3.63) is 82.7 Å². The number of benzene rings is 3. The summed E-state index contributed by atoms with van der Waals surface area (Å²) in [5.41, 5.74) is 4.12. The van der Waals surface area contributed by atoms with E-state index in [-0.39, 0.29) is 5.82 Å². The summed E-state index contributed by atoms with van der Waals surface area (Å²) in [5, 5.41) is 1.58. The number of aryl methyl sites for hydroxylation is 2. The molecule has 0 N–H and O–H groups in total. The Balaban J connectivity index is 1.40. The van der Waals surface area contributed by atoms with E-state index in [4.69, 9.17) is 0 Å². The Bertz CT molecular complexity index is 1060. The maximum Gasteiger partial charge on any atom is 0.134 e. The third-order valence-corrected chi connectivity index (χ3v) is 6.70. The number of hydrogen-bond acceptors (Lipinski definition) is 0. The quantitative estimate of drug-likeness (QED) is 0.395. The van der Waals surface area contributed by atoms with Gasteiger partial charge in [0, 0.05) is 16.5 Å². The Morgan fingerprint density at radius 2 is 1.57 bits per heavy atom. The van der Waals surface area contributed by atoms with Crippen LogP contribution >= 0.6 is 0 Å². The second-order valence-electron chi connectivity index (χ2n) is 8.94. The maximum absolute atomic E-state index is 14.5. The van der Waals surface area contributed by atoms with E-state index < -0.39 is 0 Å². The summed E-state index contributed by atoms with van der Waals surface area (Å²) < 4.78 is 14.5. The smallest absolute Gasteiger partial charge is 0.134 e. The average molecular weight is 399 g/mol. The van der Waals surface area contributed by atoms with Crippen molar-refractivity contribution >= 4 is 10.8 Å². The van der Waals surface area contributed by atoms with Crippen molar-refractivity contribution in [1.82, 2.24) is 0 Å². The van der Waals surface area contributed by atoms with E-state index in [1.54, 1.807) is 0 Å². The first-order chi connectivity index (χ1) is 14.6. The van der Waals surface area contributed by atoms with Crippen molar-refractivity contribution in [3.8, 4) is 11.8 Å². The lowest BCUT2D eigenvalue weighted by molar-refractivity contribution is 0.278. The molecule has 0 bridgehead atoms. The zero-order chi connectivity index (χ0) is 20.9. The normalized spacial score (nSPS) is 18.8. The molecule has 30 heavy (non-hydrogen) atoms. The van der Waals surface area contributed by atoms with Crippen LogP contribution in [0.3, 0.4) is 0 Å². The van der Waals surface area contributed by atoms with Crippen LogP contribution in [-0.4, -0.2) is 0 Å². The van der Waals surface area contributed by atoms with Crippen LogP contribution in [0.5, 0.6) is 0 Å². The highest BCUT2D eigenvalue weighted by Gasteiger charge is 2.17. The predicted molar refractivity (Wildman–Crippen MR) is 125 cm³/mol. The minimum atomic E-state index is -0.104. The van der Waals surface area contributed by atoms with Gasteiger partial charge in [-0.2, -0.15) is 0 Å². The topological polar surface area (TPSA) is 0 Å². The number of rotatable bonds is 4. The third kappa shape index (κ3) is 4.93. The fourth-order valence-corrected chi connectivity index (χ4v) is 4.58. The van der Waals surface area contributed by atoms with E-state index in [0.717, 1.165) is 33.9 Å². The second kappa shape index (κ2) is 9.48. The Morgan fingerprint density at radius 1 is 0.867 bits per heavy atom. The van der Waals surface area contributed by atoms with Gasteiger partial charge in [-0.15, -0.1) is 0 Å². The van der Waals surface area contributed by atoms with Crippen LogP contribution in [0.4, 0.5) is 4.39 Å². The van der Waals surface area contributed by atoms with Crippen LogP contribution in [0.25, 0.3) is 10.8 Å². The van der Waals surface area contributed by atoms with Gasteiger partial charge in [0.15, 0.2) is 0 Å². The predicted octanol–water partition coefficient (Wildman–Crippen LogP) is 7.70. The van der Waals surface area contributed by atoms with E-state index in [9.17, 15) is 4.39 Å². The van der Waals surface area contributed by atoms with Gasteiger partial charge in [0.1, 0.15) is 5.82 Å². The van der Waals surface area contributed by atoms with Gasteiger partial charge in [-0.25, -0.2) is 4.39 Å². The summed E-state index contributed by atoms with van der Waals surface area (Å²) in [7, 11) is 0.